The highest BCUT2D eigenvalue weighted by atomic mass is 16.6. The average Bonchev–Trinajstić information content (AvgIpc) is 2.85. The van der Waals surface area contributed by atoms with E-state index < -0.39 is 4.92 Å². The predicted molar refractivity (Wildman–Crippen MR) is 93.7 cm³/mol. The first-order chi connectivity index (χ1) is 11.7. The largest absolute Gasteiger partial charge is 0.373 e. The van der Waals surface area contributed by atoms with Crippen LogP contribution in [0.25, 0.3) is 0 Å². The Morgan fingerprint density at radius 3 is 2.48 bits per heavy atom. The molecule has 0 aliphatic heterocycles. The smallest absolute Gasteiger partial charge is 0.293 e. The molecule has 0 fully saturated rings. The first-order valence-corrected chi connectivity index (χ1v) is 7.99. The second-order valence-corrected chi connectivity index (χ2v) is 6.22. The number of nitrogens with zero attached hydrogens (tertiary/aromatic N) is 2. The fourth-order valence-electron chi connectivity index (χ4n) is 2.71. The number of rotatable bonds is 6. The third kappa shape index (κ3) is 4.14. The molecule has 0 spiro atoms. The Labute approximate surface area is 145 Å². The van der Waals surface area contributed by atoms with Gasteiger partial charge in [-0.15, -0.1) is 0 Å². The summed E-state index contributed by atoms with van der Waals surface area (Å²) in [6.07, 6.45) is 0. The van der Waals surface area contributed by atoms with Crippen molar-refractivity contribution in [3.05, 3.63) is 50.9 Å². The van der Waals surface area contributed by atoms with E-state index in [4.69, 9.17) is 4.52 Å². The Bertz CT molecular complexity index is 778. The summed E-state index contributed by atoms with van der Waals surface area (Å²) in [6.45, 7) is 9.13. The van der Waals surface area contributed by atoms with Gasteiger partial charge in [0.15, 0.2) is 0 Å². The van der Waals surface area contributed by atoms with Crippen LogP contribution in [-0.2, 0) is 0 Å². The van der Waals surface area contributed by atoms with Crippen LogP contribution in [0.1, 0.15) is 54.2 Å². The van der Waals surface area contributed by atoms with Crippen molar-refractivity contribution in [2.24, 2.45) is 0 Å². The van der Waals surface area contributed by atoms with Gasteiger partial charge in [0.1, 0.15) is 11.4 Å². The first-order valence-electron chi connectivity index (χ1n) is 7.99. The van der Waals surface area contributed by atoms with Gasteiger partial charge in [-0.3, -0.25) is 14.9 Å². The van der Waals surface area contributed by atoms with E-state index in [0.717, 1.165) is 11.3 Å². The van der Waals surface area contributed by atoms with Crippen LogP contribution in [0.3, 0.4) is 0 Å². The molecule has 25 heavy (non-hydrogen) atoms. The van der Waals surface area contributed by atoms with Crippen molar-refractivity contribution in [3.63, 3.8) is 0 Å². The van der Waals surface area contributed by atoms with Crippen LogP contribution < -0.4 is 10.6 Å². The molecule has 8 nitrogen and oxygen atoms in total. The van der Waals surface area contributed by atoms with Crippen LogP contribution in [0.5, 0.6) is 0 Å². The minimum absolute atomic E-state index is 0.0519. The molecule has 1 aromatic heterocycles. The minimum Gasteiger partial charge on any atom is -0.373 e. The summed E-state index contributed by atoms with van der Waals surface area (Å²) in [5, 5.41) is 21.2. The van der Waals surface area contributed by atoms with Crippen molar-refractivity contribution >= 4 is 17.3 Å². The molecular weight excluding hydrogens is 324 g/mol. The summed E-state index contributed by atoms with van der Waals surface area (Å²) >= 11 is 0. The Morgan fingerprint density at radius 1 is 1.28 bits per heavy atom. The summed E-state index contributed by atoms with van der Waals surface area (Å²) in [5.74, 6) is 0.316. The SMILES string of the molecule is Cc1noc(C)c1C(C)Nc1ccc(C(=O)NC(C)C)cc1[N+](=O)[O-]. The predicted octanol–water partition coefficient (Wildman–Crippen LogP) is 3.51. The summed E-state index contributed by atoms with van der Waals surface area (Å²) in [6, 6.07) is 4.10. The number of carbonyl (C=O) groups is 1. The normalized spacial score (nSPS) is 12.1. The van der Waals surface area contributed by atoms with Crippen LogP contribution in [0.15, 0.2) is 22.7 Å². The van der Waals surface area contributed by atoms with E-state index in [1.54, 1.807) is 19.1 Å². The molecule has 134 valence electrons. The molecule has 0 saturated heterocycles. The van der Waals surface area contributed by atoms with Crippen LogP contribution in [0.2, 0.25) is 0 Å². The lowest BCUT2D eigenvalue weighted by Gasteiger charge is -2.16. The Morgan fingerprint density at radius 2 is 1.96 bits per heavy atom. The maximum absolute atomic E-state index is 12.1. The molecule has 2 N–H and O–H groups in total. The Balaban J connectivity index is 2.32. The van der Waals surface area contributed by atoms with Crippen molar-refractivity contribution < 1.29 is 14.2 Å². The molecule has 2 aromatic rings. The van der Waals surface area contributed by atoms with Gasteiger partial charge in [0.05, 0.1) is 16.7 Å². The number of anilines is 1. The molecule has 1 atom stereocenters. The van der Waals surface area contributed by atoms with Crippen molar-refractivity contribution in [3.8, 4) is 0 Å². The molecule has 1 aromatic carbocycles. The van der Waals surface area contributed by atoms with Crippen LogP contribution in [0.4, 0.5) is 11.4 Å². The number of aromatic nitrogens is 1. The van der Waals surface area contributed by atoms with Crippen LogP contribution in [-0.4, -0.2) is 22.0 Å². The third-order valence-corrected chi connectivity index (χ3v) is 3.77. The van der Waals surface area contributed by atoms with E-state index in [-0.39, 0.29) is 29.2 Å². The first kappa shape index (κ1) is 18.4. The number of aryl methyl sites for hydroxylation is 2. The molecule has 1 unspecified atom stereocenters. The topological polar surface area (TPSA) is 110 Å². The standard InChI is InChI=1S/C17H22N4O4/c1-9(2)18-17(22)13-6-7-14(15(8-13)21(23)24)19-10(3)16-11(4)20-25-12(16)5/h6-10,19H,1-5H3,(H,18,22). The van der Waals surface area contributed by atoms with E-state index in [1.807, 2.05) is 27.7 Å². The monoisotopic (exact) mass is 346 g/mol. The number of benzene rings is 1. The van der Waals surface area contributed by atoms with Gasteiger partial charge < -0.3 is 15.2 Å². The zero-order valence-corrected chi connectivity index (χ0v) is 14.9. The second kappa shape index (κ2) is 7.33. The summed E-state index contributed by atoms with van der Waals surface area (Å²) < 4.78 is 5.14. The molecule has 1 heterocycles. The lowest BCUT2D eigenvalue weighted by Crippen LogP contribution is -2.30. The molecule has 0 aliphatic carbocycles. The van der Waals surface area contributed by atoms with Crippen molar-refractivity contribution in [2.75, 3.05) is 5.32 Å². The van der Waals surface area contributed by atoms with E-state index in [2.05, 4.69) is 15.8 Å². The third-order valence-electron chi connectivity index (χ3n) is 3.77. The highest BCUT2D eigenvalue weighted by Crippen LogP contribution is 2.31. The van der Waals surface area contributed by atoms with E-state index in [1.165, 1.54) is 6.07 Å². The molecular formula is C17H22N4O4. The maximum Gasteiger partial charge on any atom is 0.293 e. The lowest BCUT2D eigenvalue weighted by molar-refractivity contribution is -0.384. The second-order valence-electron chi connectivity index (χ2n) is 6.22. The van der Waals surface area contributed by atoms with Gasteiger partial charge >= 0.3 is 0 Å². The minimum atomic E-state index is -0.505. The molecule has 0 saturated carbocycles. The molecule has 0 radical (unpaired) electrons. The number of amides is 1. The molecule has 1 amide bonds. The van der Waals surface area contributed by atoms with Crippen molar-refractivity contribution in [2.45, 2.75) is 46.7 Å². The number of hydrogen-bond donors (Lipinski definition) is 2. The fourth-order valence-corrected chi connectivity index (χ4v) is 2.71. The zero-order valence-electron chi connectivity index (χ0n) is 14.9. The van der Waals surface area contributed by atoms with E-state index >= 15 is 0 Å². The lowest BCUT2D eigenvalue weighted by atomic mass is 10.1. The van der Waals surface area contributed by atoms with Crippen molar-refractivity contribution in [1.29, 1.82) is 0 Å². The van der Waals surface area contributed by atoms with Gasteiger partial charge in [0, 0.05) is 23.2 Å². The fraction of sp³-hybridized carbons (Fsp3) is 0.412. The zero-order chi connectivity index (χ0) is 18.7. The highest BCUT2D eigenvalue weighted by Gasteiger charge is 2.22. The van der Waals surface area contributed by atoms with E-state index in [0.29, 0.717) is 11.4 Å². The van der Waals surface area contributed by atoms with Gasteiger partial charge in [0.25, 0.3) is 11.6 Å². The molecule has 0 aliphatic rings. The molecule has 0 bridgehead atoms. The summed E-state index contributed by atoms with van der Waals surface area (Å²) in [7, 11) is 0. The molecule has 2 rings (SSSR count). The average molecular weight is 346 g/mol. The maximum atomic E-state index is 12.1. The number of nitro groups is 1. The summed E-state index contributed by atoms with van der Waals surface area (Å²) in [5.41, 5.74) is 2.01. The van der Waals surface area contributed by atoms with Crippen LogP contribution >= 0.6 is 0 Å². The quantitative estimate of drug-likeness (QED) is 0.612. The van der Waals surface area contributed by atoms with Gasteiger partial charge in [-0.1, -0.05) is 5.16 Å². The van der Waals surface area contributed by atoms with Gasteiger partial charge in [0.2, 0.25) is 0 Å². The number of hydrogen-bond acceptors (Lipinski definition) is 6. The summed E-state index contributed by atoms with van der Waals surface area (Å²) in [4.78, 5) is 23.0. The Kier molecular flexibility index (Phi) is 5.41. The van der Waals surface area contributed by atoms with Gasteiger partial charge in [-0.2, -0.15) is 0 Å². The number of carbonyl (C=O) groups excluding carboxylic acids is 1. The Hall–Kier alpha value is -2.90. The number of nitro benzene ring substituents is 1. The van der Waals surface area contributed by atoms with Crippen molar-refractivity contribution in [1.82, 2.24) is 10.5 Å². The highest BCUT2D eigenvalue weighted by molar-refractivity contribution is 5.95. The van der Waals surface area contributed by atoms with Gasteiger partial charge in [-0.05, 0) is 46.8 Å². The van der Waals surface area contributed by atoms with E-state index in [9.17, 15) is 14.9 Å². The van der Waals surface area contributed by atoms with Gasteiger partial charge in [-0.25, -0.2) is 0 Å². The molecule has 8 heteroatoms. The van der Waals surface area contributed by atoms with Crippen LogP contribution in [0, 0.1) is 24.0 Å². The number of nitrogens with one attached hydrogen (secondary N) is 2.